The van der Waals surface area contributed by atoms with Gasteiger partial charge in [0.05, 0.1) is 0 Å². The highest BCUT2D eigenvalue weighted by atomic mass is 15.3. The van der Waals surface area contributed by atoms with Crippen LogP contribution in [-0.2, 0) is 0 Å². The first kappa shape index (κ1) is 11.0. The molecule has 0 amide bonds. The monoisotopic (exact) mass is 232 g/mol. The van der Waals surface area contributed by atoms with Crippen LogP contribution in [0.1, 0.15) is 24.8 Å². The molecule has 92 valence electrons. The Bertz CT molecular complexity index is 376. The lowest BCUT2D eigenvalue weighted by molar-refractivity contribution is 0.238. The molecule has 2 atom stereocenters. The Balaban J connectivity index is 1.80. The molecule has 2 saturated heterocycles. The van der Waals surface area contributed by atoms with Gasteiger partial charge in [-0.15, -0.1) is 0 Å². The van der Waals surface area contributed by atoms with Gasteiger partial charge in [0.2, 0.25) is 5.95 Å². The van der Waals surface area contributed by atoms with Crippen LogP contribution >= 0.6 is 0 Å². The second kappa shape index (κ2) is 4.61. The normalized spacial score (nSPS) is 28.9. The fourth-order valence-electron chi connectivity index (χ4n) is 2.88. The van der Waals surface area contributed by atoms with Gasteiger partial charge in [0, 0.05) is 38.1 Å². The molecule has 2 aliphatic heterocycles. The number of aromatic nitrogens is 2. The summed E-state index contributed by atoms with van der Waals surface area (Å²) in [5.74, 6) is 0.919. The van der Waals surface area contributed by atoms with E-state index in [1.807, 2.05) is 19.3 Å². The van der Waals surface area contributed by atoms with Crippen molar-refractivity contribution >= 4 is 5.95 Å². The molecule has 2 aliphatic rings. The van der Waals surface area contributed by atoms with E-state index in [9.17, 15) is 0 Å². The Labute approximate surface area is 103 Å². The smallest absolute Gasteiger partial charge is 0.225 e. The van der Waals surface area contributed by atoms with Gasteiger partial charge in [-0.25, -0.2) is 9.97 Å². The van der Waals surface area contributed by atoms with Crippen LogP contribution in [0, 0.1) is 6.92 Å². The van der Waals surface area contributed by atoms with Crippen LogP contribution in [0.2, 0.25) is 0 Å². The first-order valence-corrected chi connectivity index (χ1v) is 6.60. The third-order valence-electron chi connectivity index (χ3n) is 3.85. The van der Waals surface area contributed by atoms with E-state index in [0.717, 1.165) is 24.6 Å². The van der Waals surface area contributed by atoms with E-state index in [1.165, 1.54) is 32.4 Å². The average Bonchev–Trinajstić information content (AvgIpc) is 2.53. The van der Waals surface area contributed by atoms with E-state index in [2.05, 4.69) is 19.8 Å². The Morgan fingerprint density at radius 1 is 1.12 bits per heavy atom. The number of rotatable bonds is 1. The standard InChI is InChI=1S/C13H20N4/c1-11-8-14-13(15-9-11)17-7-6-16-5-3-2-4-12(17)10-16/h8-9,12H,2-7,10H2,1H3. The molecule has 1 aromatic heterocycles. The van der Waals surface area contributed by atoms with Crippen molar-refractivity contribution in [3.8, 4) is 0 Å². The summed E-state index contributed by atoms with van der Waals surface area (Å²) >= 11 is 0. The van der Waals surface area contributed by atoms with Crippen LogP contribution in [0.25, 0.3) is 0 Å². The second-order valence-electron chi connectivity index (χ2n) is 5.20. The molecule has 0 saturated carbocycles. The van der Waals surface area contributed by atoms with Crippen molar-refractivity contribution in [1.29, 1.82) is 0 Å². The molecule has 4 nitrogen and oxygen atoms in total. The molecule has 4 heteroatoms. The van der Waals surface area contributed by atoms with Crippen LogP contribution in [0.15, 0.2) is 12.4 Å². The Kier molecular flexibility index (Phi) is 2.97. The lowest BCUT2D eigenvalue weighted by atomic mass is 10.1. The maximum atomic E-state index is 4.48. The second-order valence-corrected chi connectivity index (χ2v) is 5.20. The van der Waals surface area contributed by atoms with E-state index in [-0.39, 0.29) is 0 Å². The average molecular weight is 232 g/mol. The van der Waals surface area contributed by atoms with Crippen LogP contribution in [0.5, 0.6) is 0 Å². The molecular weight excluding hydrogens is 212 g/mol. The highest BCUT2D eigenvalue weighted by Crippen LogP contribution is 2.23. The molecule has 0 aromatic carbocycles. The van der Waals surface area contributed by atoms with Crippen molar-refractivity contribution in [2.24, 2.45) is 0 Å². The van der Waals surface area contributed by atoms with E-state index in [0.29, 0.717) is 6.04 Å². The quantitative estimate of drug-likeness (QED) is 0.734. The van der Waals surface area contributed by atoms with Crippen molar-refractivity contribution in [3.05, 3.63) is 18.0 Å². The number of aryl methyl sites for hydroxylation is 1. The fourth-order valence-corrected chi connectivity index (χ4v) is 2.88. The SMILES string of the molecule is Cc1cnc(N2CCN3CCCCC2C3)nc1. The lowest BCUT2D eigenvalue weighted by Crippen LogP contribution is -2.52. The van der Waals surface area contributed by atoms with E-state index in [4.69, 9.17) is 0 Å². The minimum absolute atomic E-state index is 0.619. The minimum Gasteiger partial charge on any atom is -0.335 e. The number of hydrogen-bond donors (Lipinski definition) is 0. The van der Waals surface area contributed by atoms with Gasteiger partial charge in [0.25, 0.3) is 0 Å². The van der Waals surface area contributed by atoms with Gasteiger partial charge in [0.15, 0.2) is 0 Å². The zero-order chi connectivity index (χ0) is 11.7. The lowest BCUT2D eigenvalue weighted by Gasteiger charge is -2.39. The van der Waals surface area contributed by atoms with E-state index in [1.54, 1.807) is 0 Å². The Morgan fingerprint density at radius 2 is 1.94 bits per heavy atom. The number of anilines is 1. The molecule has 0 radical (unpaired) electrons. The molecule has 2 fully saturated rings. The Morgan fingerprint density at radius 3 is 2.76 bits per heavy atom. The molecule has 2 bridgehead atoms. The molecule has 0 spiro atoms. The summed E-state index contributed by atoms with van der Waals surface area (Å²) in [5.41, 5.74) is 1.13. The zero-order valence-corrected chi connectivity index (χ0v) is 10.5. The highest BCUT2D eigenvalue weighted by molar-refractivity contribution is 5.33. The molecule has 0 aliphatic carbocycles. The highest BCUT2D eigenvalue weighted by Gasteiger charge is 2.29. The first-order valence-electron chi connectivity index (χ1n) is 6.60. The molecular formula is C13H20N4. The van der Waals surface area contributed by atoms with Crippen molar-refractivity contribution in [2.75, 3.05) is 31.1 Å². The molecule has 3 heterocycles. The summed E-state index contributed by atoms with van der Waals surface area (Å²) in [6.45, 7) is 6.74. The number of piperazine rings is 1. The minimum atomic E-state index is 0.619. The molecule has 0 N–H and O–H groups in total. The van der Waals surface area contributed by atoms with E-state index < -0.39 is 0 Å². The fraction of sp³-hybridized carbons (Fsp3) is 0.692. The summed E-state index contributed by atoms with van der Waals surface area (Å²) < 4.78 is 0. The van der Waals surface area contributed by atoms with E-state index >= 15 is 0 Å². The topological polar surface area (TPSA) is 32.3 Å². The zero-order valence-electron chi connectivity index (χ0n) is 10.5. The number of fused-ring (bicyclic) bond motifs is 2. The van der Waals surface area contributed by atoms with Crippen molar-refractivity contribution in [2.45, 2.75) is 32.2 Å². The first-order chi connectivity index (χ1) is 8.33. The molecule has 1 aromatic rings. The van der Waals surface area contributed by atoms with Crippen molar-refractivity contribution < 1.29 is 0 Å². The number of hydrogen-bond acceptors (Lipinski definition) is 4. The molecule has 17 heavy (non-hydrogen) atoms. The van der Waals surface area contributed by atoms with Crippen molar-refractivity contribution in [1.82, 2.24) is 14.9 Å². The van der Waals surface area contributed by atoms with Gasteiger partial charge < -0.3 is 4.90 Å². The van der Waals surface area contributed by atoms with Gasteiger partial charge in [-0.3, -0.25) is 4.90 Å². The van der Waals surface area contributed by atoms with Crippen LogP contribution in [0.3, 0.4) is 0 Å². The predicted octanol–water partition coefficient (Wildman–Crippen LogP) is 1.46. The summed E-state index contributed by atoms with van der Waals surface area (Å²) in [6, 6.07) is 0.619. The van der Waals surface area contributed by atoms with Crippen LogP contribution in [0.4, 0.5) is 5.95 Å². The van der Waals surface area contributed by atoms with Gasteiger partial charge in [0.1, 0.15) is 0 Å². The summed E-state index contributed by atoms with van der Waals surface area (Å²) in [7, 11) is 0. The third kappa shape index (κ3) is 2.27. The van der Waals surface area contributed by atoms with Gasteiger partial charge in [-0.1, -0.05) is 6.42 Å². The number of nitrogens with zero attached hydrogens (tertiary/aromatic N) is 4. The Hall–Kier alpha value is -1.16. The van der Waals surface area contributed by atoms with Crippen LogP contribution in [-0.4, -0.2) is 47.1 Å². The van der Waals surface area contributed by atoms with Crippen LogP contribution < -0.4 is 4.90 Å². The summed E-state index contributed by atoms with van der Waals surface area (Å²) in [4.78, 5) is 13.9. The maximum Gasteiger partial charge on any atom is 0.225 e. The van der Waals surface area contributed by atoms with Gasteiger partial charge in [-0.05, 0) is 31.9 Å². The largest absolute Gasteiger partial charge is 0.335 e. The molecule has 3 rings (SSSR count). The predicted molar refractivity (Wildman–Crippen MR) is 68.2 cm³/mol. The van der Waals surface area contributed by atoms with Gasteiger partial charge in [-0.2, -0.15) is 0 Å². The summed E-state index contributed by atoms with van der Waals surface area (Å²) in [5, 5.41) is 0. The summed E-state index contributed by atoms with van der Waals surface area (Å²) in [6.07, 6.45) is 7.81. The van der Waals surface area contributed by atoms with Crippen molar-refractivity contribution in [3.63, 3.8) is 0 Å². The maximum absolute atomic E-state index is 4.48. The third-order valence-corrected chi connectivity index (χ3v) is 3.85. The molecule has 2 unspecified atom stereocenters. The van der Waals surface area contributed by atoms with Gasteiger partial charge >= 0.3 is 0 Å².